The van der Waals surface area contributed by atoms with Crippen molar-refractivity contribution in [3.8, 4) is 11.5 Å². The number of aromatic nitrogens is 2. The lowest BCUT2D eigenvalue weighted by atomic mass is 10.1. The van der Waals surface area contributed by atoms with Crippen LogP contribution in [0.15, 0.2) is 53.3 Å². The Morgan fingerprint density at radius 3 is 2.61 bits per heavy atom. The fourth-order valence-electron chi connectivity index (χ4n) is 4.04. The van der Waals surface area contributed by atoms with Gasteiger partial charge in [-0.05, 0) is 60.2 Å². The van der Waals surface area contributed by atoms with Crippen LogP contribution in [0.4, 0.5) is 15.9 Å². The van der Waals surface area contributed by atoms with Gasteiger partial charge in [-0.25, -0.2) is 14.4 Å². The van der Waals surface area contributed by atoms with E-state index in [1.807, 2.05) is 31.2 Å². The van der Waals surface area contributed by atoms with Crippen LogP contribution in [-0.2, 0) is 4.74 Å². The maximum Gasteiger partial charge on any atom is 0.162 e. The number of fused-ring (bicyclic) bond motifs is 2. The van der Waals surface area contributed by atoms with Crippen molar-refractivity contribution < 1.29 is 18.6 Å². The minimum Gasteiger partial charge on any atom is -0.493 e. The Bertz CT molecular complexity index is 1360. The van der Waals surface area contributed by atoms with E-state index in [-0.39, 0.29) is 42.8 Å². The molecule has 0 bridgehead atoms. The summed E-state index contributed by atoms with van der Waals surface area (Å²) < 4.78 is 32.7. The fourth-order valence-corrected chi connectivity index (χ4v) is 4.38. The molecule has 3 aromatic carbocycles. The van der Waals surface area contributed by atoms with Crippen LogP contribution in [0.3, 0.4) is 0 Å². The highest BCUT2D eigenvalue weighted by Gasteiger charge is 2.23. The maximum atomic E-state index is 14.4. The lowest BCUT2D eigenvalue weighted by Crippen LogP contribution is -2.46. The minimum absolute atomic E-state index is 0. The Kier molecular flexibility index (Phi) is 9.54. The predicted octanol–water partition coefficient (Wildman–Crippen LogP) is 6.04. The van der Waals surface area contributed by atoms with Crippen molar-refractivity contribution in [2.45, 2.75) is 19.1 Å². The zero-order chi connectivity index (χ0) is 23.7. The summed E-state index contributed by atoms with van der Waals surface area (Å²) in [6.45, 7) is 4.25. The fraction of sp³-hybridized carbons (Fsp3) is 0.280. The van der Waals surface area contributed by atoms with Gasteiger partial charge < -0.3 is 24.8 Å². The van der Waals surface area contributed by atoms with Crippen LogP contribution in [0.5, 0.6) is 11.5 Å². The molecule has 36 heavy (non-hydrogen) atoms. The van der Waals surface area contributed by atoms with Crippen LogP contribution >= 0.6 is 40.7 Å². The number of rotatable bonds is 6. The van der Waals surface area contributed by atoms with Crippen molar-refractivity contribution in [3.05, 3.63) is 59.1 Å². The van der Waals surface area contributed by atoms with Gasteiger partial charge in [0.25, 0.3) is 0 Å². The molecule has 1 fully saturated rings. The first kappa shape index (κ1) is 28.1. The van der Waals surface area contributed by atoms with Gasteiger partial charge in [0.2, 0.25) is 0 Å². The van der Waals surface area contributed by atoms with Crippen molar-refractivity contribution in [3.63, 3.8) is 0 Å². The number of hydrogen-bond donors (Lipinski definition) is 2. The highest BCUT2D eigenvalue weighted by Crippen LogP contribution is 2.36. The highest BCUT2D eigenvalue weighted by atomic mass is 79.9. The number of methoxy groups -OCH3 is 1. The summed E-state index contributed by atoms with van der Waals surface area (Å²) in [7, 11) is 1.62. The van der Waals surface area contributed by atoms with Crippen molar-refractivity contribution in [2.24, 2.45) is 0 Å². The third kappa shape index (κ3) is 5.92. The Balaban J connectivity index is 0.00000180. The smallest absolute Gasteiger partial charge is 0.162 e. The molecular formula is C25H26BrCl2FN4O3. The van der Waals surface area contributed by atoms with E-state index < -0.39 is 0 Å². The van der Waals surface area contributed by atoms with Crippen LogP contribution in [0, 0.1) is 5.82 Å². The van der Waals surface area contributed by atoms with E-state index in [0.29, 0.717) is 34.1 Å². The standard InChI is InChI=1S/C25H24BrFN4O3.2ClH/c1-14(24-12-28-5-6-33-24)34-23-10-16-8-21-18(7-15(16)9-22(23)32-2)25(30-13-29-21)31-20-4-3-17(26)11-19(20)27;;/h3-4,7-11,13-14,24,28H,5-6,12H2,1-2H3,(H,29,30,31);2*1H. The first-order valence-electron chi connectivity index (χ1n) is 11.0. The summed E-state index contributed by atoms with van der Waals surface area (Å²) in [6, 6.07) is 12.6. The molecule has 2 atom stereocenters. The van der Waals surface area contributed by atoms with E-state index in [1.165, 1.54) is 12.4 Å². The number of nitrogens with zero attached hydrogens (tertiary/aromatic N) is 2. The lowest BCUT2D eigenvalue weighted by molar-refractivity contribution is -0.0355. The number of morpholine rings is 1. The van der Waals surface area contributed by atoms with Crippen LogP contribution < -0.4 is 20.1 Å². The van der Waals surface area contributed by atoms with Gasteiger partial charge in [-0.15, -0.1) is 24.8 Å². The molecule has 4 aromatic rings. The number of hydrogen-bond acceptors (Lipinski definition) is 7. The molecule has 2 heterocycles. The molecule has 1 aromatic heterocycles. The first-order valence-corrected chi connectivity index (χ1v) is 11.8. The molecule has 192 valence electrons. The van der Waals surface area contributed by atoms with E-state index in [0.717, 1.165) is 34.8 Å². The molecule has 0 radical (unpaired) electrons. The van der Waals surface area contributed by atoms with E-state index >= 15 is 0 Å². The van der Waals surface area contributed by atoms with Crippen LogP contribution in [0.1, 0.15) is 6.92 Å². The second-order valence-electron chi connectivity index (χ2n) is 8.13. The van der Waals surface area contributed by atoms with Gasteiger partial charge in [-0.1, -0.05) is 15.9 Å². The molecule has 2 unspecified atom stereocenters. The second-order valence-corrected chi connectivity index (χ2v) is 9.04. The molecule has 0 aliphatic carbocycles. The van der Waals surface area contributed by atoms with Crippen LogP contribution in [0.2, 0.25) is 0 Å². The molecule has 1 aliphatic rings. The van der Waals surface area contributed by atoms with Crippen LogP contribution in [-0.4, -0.2) is 49.0 Å². The van der Waals surface area contributed by atoms with Crippen molar-refractivity contribution in [2.75, 3.05) is 32.1 Å². The number of anilines is 2. The van der Waals surface area contributed by atoms with Gasteiger partial charge in [0.15, 0.2) is 11.5 Å². The topological polar surface area (TPSA) is 77.5 Å². The summed E-state index contributed by atoms with van der Waals surface area (Å²) in [6.07, 6.45) is 1.27. The molecule has 0 saturated carbocycles. The number of nitrogens with one attached hydrogen (secondary N) is 2. The van der Waals surface area contributed by atoms with Gasteiger partial charge in [-0.2, -0.15) is 0 Å². The molecule has 0 amide bonds. The molecule has 7 nitrogen and oxygen atoms in total. The quantitative estimate of drug-likeness (QED) is 0.262. The average Bonchev–Trinajstić information content (AvgIpc) is 2.85. The molecule has 11 heteroatoms. The summed E-state index contributed by atoms with van der Waals surface area (Å²) >= 11 is 3.28. The Labute approximate surface area is 229 Å². The lowest BCUT2D eigenvalue weighted by Gasteiger charge is -2.29. The van der Waals surface area contributed by atoms with Gasteiger partial charge in [0, 0.05) is 22.9 Å². The highest BCUT2D eigenvalue weighted by molar-refractivity contribution is 9.10. The van der Waals surface area contributed by atoms with Crippen molar-refractivity contribution >= 4 is 73.9 Å². The molecule has 1 saturated heterocycles. The number of halogens is 4. The zero-order valence-electron chi connectivity index (χ0n) is 19.6. The maximum absolute atomic E-state index is 14.4. The van der Waals surface area contributed by atoms with Crippen molar-refractivity contribution in [1.82, 2.24) is 15.3 Å². The number of benzene rings is 3. The van der Waals surface area contributed by atoms with Crippen molar-refractivity contribution in [1.29, 1.82) is 0 Å². The Morgan fingerprint density at radius 1 is 1.11 bits per heavy atom. The summed E-state index contributed by atoms with van der Waals surface area (Å²) in [5, 5.41) is 9.05. The first-order chi connectivity index (χ1) is 16.5. The van der Waals surface area contributed by atoms with E-state index in [1.54, 1.807) is 19.2 Å². The SMILES string of the molecule is COc1cc2cc3c(Nc4ccc(Br)cc4F)ncnc3cc2cc1OC(C)C1CNCCO1.Cl.Cl. The third-order valence-corrected chi connectivity index (χ3v) is 6.35. The summed E-state index contributed by atoms with van der Waals surface area (Å²) in [5.74, 6) is 1.40. The molecule has 1 aliphatic heterocycles. The third-order valence-electron chi connectivity index (χ3n) is 5.85. The molecule has 2 N–H and O–H groups in total. The molecule has 0 spiro atoms. The van der Waals surface area contributed by atoms with Gasteiger partial charge in [0.1, 0.15) is 30.2 Å². The zero-order valence-corrected chi connectivity index (χ0v) is 22.8. The van der Waals surface area contributed by atoms with Gasteiger partial charge in [-0.3, -0.25) is 0 Å². The second kappa shape index (κ2) is 12.2. The minimum atomic E-state index is -0.378. The van der Waals surface area contributed by atoms with E-state index in [4.69, 9.17) is 14.2 Å². The van der Waals surface area contributed by atoms with Gasteiger partial charge >= 0.3 is 0 Å². The number of ether oxygens (including phenoxy) is 3. The summed E-state index contributed by atoms with van der Waals surface area (Å²) in [4.78, 5) is 8.77. The van der Waals surface area contributed by atoms with E-state index in [9.17, 15) is 4.39 Å². The van der Waals surface area contributed by atoms with Crippen LogP contribution in [0.25, 0.3) is 21.7 Å². The Morgan fingerprint density at radius 2 is 1.89 bits per heavy atom. The monoisotopic (exact) mass is 598 g/mol. The molecule has 5 rings (SSSR count). The van der Waals surface area contributed by atoms with Gasteiger partial charge in [0.05, 0.1) is 24.9 Å². The normalized spacial score (nSPS) is 16.1. The largest absolute Gasteiger partial charge is 0.493 e. The van der Waals surface area contributed by atoms with E-state index in [2.05, 4.69) is 36.5 Å². The average molecular weight is 600 g/mol. The Hall–Kier alpha value is -2.43. The summed E-state index contributed by atoms with van der Waals surface area (Å²) in [5.41, 5.74) is 1.06. The molecular weight excluding hydrogens is 574 g/mol. The predicted molar refractivity (Wildman–Crippen MR) is 148 cm³/mol.